The molecule has 4 nitrogen and oxygen atoms in total. The molecule has 5 heteroatoms. The van der Waals surface area contributed by atoms with Crippen molar-refractivity contribution in [1.29, 1.82) is 0 Å². The molecule has 1 unspecified atom stereocenters. The zero-order valence-electron chi connectivity index (χ0n) is 14.9. The molecule has 0 bridgehead atoms. The minimum absolute atomic E-state index is 0.0399. The maximum Gasteiger partial charge on any atom is 0.257 e. The van der Waals surface area contributed by atoms with E-state index in [0.717, 1.165) is 11.1 Å². The quantitative estimate of drug-likeness (QED) is 0.847. The average Bonchev–Trinajstić information content (AvgIpc) is 2.67. The fourth-order valence-electron chi connectivity index (χ4n) is 3.20. The number of nitrogens with zero attached hydrogens (tertiary/aromatic N) is 2. The first-order valence-corrected chi connectivity index (χ1v) is 8.87. The molecule has 2 aromatic carbocycles. The molecule has 0 spiro atoms. The van der Waals surface area contributed by atoms with Crippen molar-refractivity contribution in [1.82, 2.24) is 9.80 Å². The highest BCUT2D eigenvalue weighted by atomic mass is 19.1. The molecule has 1 heterocycles. The largest absolute Gasteiger partial charge is 0.337 e. The van der Waals surface area contributed by atoms with Gasteiger partial charge in [-0.1, -0.05) is 48.0 Å². The lowest BCUT2D eigenvalue weighted by molar-refractivity contribution is -0.138. The first-order chi connectivity index (χ1) is 12.5. The summed E-state index contributed by atoms with van der Waals surface area (Å²) in [7, 11) is 0. The molecular weight excluding hydrogens is 331 g/mol. The summed E-state index contributed by atoms with van der Waals surface area (Å²) < 4.78 is 14.4. The molecular formula is C21H23FN2O2. The van der Waals surface area contributed by atoms with E-state index in [-0.39, 0.29) is 12.3 Å². The molecule has 2 aromatic rings. The van der Waals surface area contributed by atoms with E-state index in [0.29, 0.717) is 31.7 Å². The number of carbonyl (C=O) groups excluding carboxylic acids is 2. The molecule has 1 aliphatic rings. The molecule has 3 rings (SSSR count). The van der Waals surface area contributed by atoms with E-state index < -0.39 is 12.1 Å². The molecule has 0 aliphatic carbocycles. The van der Waals surface area contributed by atoms with Crippen molar-refractivity contribution in [3.8, 4) is 0 Å². The Morgan fingerprint density at radius 1 is 0.962 bits per heavy atom. The maximum absolute atomic E-state index is 14.4. The van der Waals surface area contributed by atoms with Crippen LogP contribution >= 0.6 is 0 Å². The highest BCUT2D eigenvalue weighted by Gasteiger charge is 2.29. The third-order valence-electron chi connectivity index (χ3n) is 4.67. The summed E-state index contributed by atoms with van der Waals surface area (Å²) in [5.74, 6) is -0.529. The average molecular weight is 354 g/mol. The van der Waals surface area contributed by atoms with Crippen molar-refractivity contribution in [2.45, 2.75) is 19.5 Å². The highest BCUT2D eigenvalue weighted by Crippen LogP contribution is 2.14. The van der Waals surface area contributed by atoms with E-state index >= 15 is 0 Å². The van der Waals surface area contributed by atoms with Crippen molar-refractivity contribution < 1.29 is 14.0 Å². The second kappa shape index (κ2) is 8.13. The summed E-state index contributed by atoms with van der Waals surface area (Å²) in [6.07, 6.45) is -1.46. The van der Waals surface area contributed by atoms with Gasteiger partial charge in [-0.05, 0) is 24.6 Å². The van der Waals surface area contributed by atoms with Gasteiger partial charge < -0.3 is 9.80 Å². The van der Waals surface area contributed by atoms with E-state index in [1.807, 2.05) is 55.5 Å². The van der Waals surface area contributed by atoms with Gasteiger partial charge in [0.2, 0.25) is 0 Å². The van der Waals surface area contributed by atoms with E-state index in [9.17, 15) is 14.0 Å². The van der Waals surface area contributed by atoms with Crippen molar-refractivity contribution in [3.05, 3.63) is 71.3 Å². The molecule has 26 heavy (non-hydrogen) atoms. The SMILES string of the molecule is Cc1cccc(C(=O)N2CCN(C(=O)C(F)Cc3ccccc3)CC2)c1. The fourth-order valence-corrected chi connectivity index (χ4v) is 3.20. The maximum atomic E-state index is 14.4. The van der Waals surface area contributed by atoms with Gasteiger partial charge in [-0.3, -0.25) is 9.59 Å². The Labute approximate surface area is 153 Å². The Balaban J connectivity index is 1.54. The number of hydrogen-bond acceptors (Lipinski definition) is 2. The van der Waals surface area contributed by atoms with Crippen molar-refractivity contribution in [2.24, 2.45) is 0 Å². The first-order valence-electron chi connectivity index (χ1n) is 8.87. The monoisotopic (exact) mass is 354 g/mol. The standard InChI is InChI=1S/C21H23FN2O2/c1-16-6-5-9-18(14-16)20(25)23-10-12-24(13-11-23)21(26)19(22)15-17-7-3-2-4-8-17/h2-9,14,19H,10-13,15H2,1H3. The minimum atomic E-state index is -1.54. The Bertz CT molecular complexity index is 771. The van der Waals surface area contributed by atoms with Crippen LogP contribution in [0, 0.1) is 6.92 Å². The van der Waals surface area contributed by atoms with Crippen LogP contribution in [0.5, 0.6) is 0 Å². The lowest BCUT2D eigenvalue weighted by Gasteiger charge is -2.35. The summed E-state index contributed by atoms with van der Waals surface area (Å²) in [6.45, 7) is 3.53. The van der Waals surface area contributed by atoms with Gasteiger partial charge >= 0.3 is 0 Å². The number of benzene rings is 2. The second-order valence-electron chi connectivity index (χ2n) is 6.64. The Hall–Kier alpha value is -2.69. The number of carbonyl (C=O) groups is 2. The lowest BCUT2D eigenvalue weighted by atomic mass is 10.1. The van der Waals surface area contributed by atoms with Crippen LogP contribution in [0.3, 0.4) is 0 Å². The van der Waals surface area contributed by atoms with Gasteiger partial charge in [0.25, 0.3) is 11.8 Å². The normalized spacial score (nSPS) is 15.6. The summed E-state index contributed by atoms with van der Waals surface area (Å²) in [5, 5.41) is 0. The molecule has 0 N–H and O–H groups in total. The minimum Gasteiger partial charge on any atom is -0.337 e. The molecule has 1 saturated heterocycles. The number of aryl methyl sites for hydroxylation is 1. The molecule has 0 radical (unpaired) electrons. The summed E-state index contributed by atoms with van der Waals surface area (Å²) in [6, 6.07) is 16.6. The fraction of sp³-hybridized carbons (Fsp3) is 0.333. The number of halogens is 1. The van der Waals surface area contributed by atoms with E-state index in [2.05, 4.69) is 0 Å². The van der Waals surface area contributed by atoms with E-state index in [1.54, 1.807) is 11.0 Å². The number of amides is 2. The number of piperazine rings is 1. The smallest absolute Gasteiger partial charge is 0.257 e. The van der Waals surface area contributed by atoms with Crippen molar-refractivity contribution in [2.75, 3.05) is 26.2 Å². The predicted molar refractivity (Wildman–Crippen MR) is 98.7 cm³/mol. The van der Waals surface area contributed by atoms with E-state index in [1.165, 1.54) is 4.90 Å². The van der Waals surface area contributed by atoms with Crippen molar-refractivity contribution >= 4 is 11.8 Å². The molecule has 1 fully saturated rings. The van der Waals surface area contributed by atoms with Gasteiger partial charge in [0.1, 0.15) is 0 Å². The highest BCUT2D eigenvalue weighted by molar-refractivity contribution is 5.94. The predicted octanol–water partition coefficient (Wildman–Crippen LogP) is 2.86. The van der Waals surface area contributed by atoms with Gasteiger partial charge in [0.05, 0.1) is 0 Å². The molecule has 1 aliphatic heterocycles. The Morgan fingerprint density at radius 3 is 2.27 bits per heavy atom. The third kappa shape index (κ3) is 4.28. The van der Waals surface area contributed by atoms with Gasteiger partial charge in [0.15, 0.2) is 6.17 Å². The van der Waals surface area contributed by atoms with Crippen LogP contribution in [0.25, 0.3) is 0 Å². The van der Waals surface area contributed by atoms with Crippen LogP contribution in [-0.4, -0.2) is 54.0 Å². The summed E-state index contributed by atoms with van der Waals surface area (Å²) in [4.78, 5) is 28.1. The Morgan fingerprint density at radius 2 is 1.62 bits per heavy atom. The Kier molecular flexibility index (Phi) is 5.66. The molecule has 0 aromatic heterocycles. The first kappa shape index (κ1) is 18.1. The number of hydrogen-bond donors (Lipinski definition) is 0. The number of rotatable bonds is 4. The summed E-state index contributed by atoms with van der Waals surface area (Å²) in [5.41, 5.74) is 2.49. The van der Waals surface area contributed by atoms with Crippen molar-refractivity contribution in [3.63, 3.8) is 0 Å². The number of alkyl halides is 1. The topological polar surface area (TPSA) is 40.6 Å². The van der Waals surface area contributed by atoms with Crippen LogP contribution < -0.4 is 0 Å². The molecule has 0 saturated carbocycles. The van der Waals surface area contributed by atoms with Gasteiger partial charge in [0, 0.05) is 38.2 Å². The van der Waals surface area contributed by atoms with E-state index in [4.69, 9.17) is 0 Å². The zero-order chi connectivity index (χ0) is 18.5. The zero-order valence-corrected chi connectivity index (χ0v) is 14.9. The van der Waals surface area contributed by atoms with Crippen LogP contribution in [0.1, 0.15) is 21.5 Å². The molecule has 136 valence electrons. The van der Waals surface area contributed by atoms with Crippen LogP contribution in [0.2, 0.25) is 0 Å². The van der Waals surface area contributed by atoms with Crippen LogP contribution in [-0.2, 0) is 11.2 Å². The van der Waals surface area contributed by atoms with Gasteiger partial charge in [-0.25, -0.2) is 4.39 Å². The van der Waals surface area contributed by atoms with Gasteiger partial charge in [-0.2, -0.15) is 0 Å². The van der Waals surface area contributed by atoms with Crippen LogP contribution in [0.4, 0.5) is 4.39 Å². The molecule has 1 atom stereocenters. The molecule has 2 amide bonds. The lowest BCUT2D eigenvalue weighted by Crippen LogP contribution is -2.52. The van der Waals surface area contributed by atoms with Gasteiger partial charge in [-0.15, -0.1) is 0 Å². The van der Waals surface area contributed by atoms with Crippen LogP contribution in [0.15, 0.2) is 54.6 Å². The second-order valence-corrected chi connectivity index (χ2v) is 6.64. The summed E-state index contributed by atoms with van der Waals surface area (Å²) >= 11 is 0. The third-order valence-corrected chi connectivity index (χ3v) is 4.67.